The van der Waals surface area contributed by atoms with Gasteiger partial charge in [-0.25, -0.2) is 0 Å². The van der Waals surface area contributed by atoms with Crippen LogP contribution in [-0.4, -0.2) is 42.3 Å². The Morgan fingerprint density at radius 2 is 1.95 bits per heavy atom. The average molecular weight is 297 g/mol. The third-order valence-corrected chi connectivity index (χ3v) is 4.16. The number of piperidine rings is 1. The molecule has 0 bridgehead atoms. The van der Waals surface area contributed by atoms with Gasteiger partial charge in [-0.15, -0.1) is 0 Å². The van der Waals surface area contributed by atoms with Crippen LogP contribution in [0.25, 0.3) is 0 Å². The molecule has 1 aliphatic rings. The topological polar surface area (TPSA) is 35.5 Å². The molecule has 1 heterocycles. The van der Waals surface area contributed by atoms with Gasteiger partial charge in [-0.05, 0) is 63.0 Å². The molecule has 20 heavy (non-hydrogen) atoms. The van der Waals surface area contributed by atoms with Crippen molar-refractivity contribution in [2.75, 3.05) is 26.2 Å². The van der Waals surface area contributed by atoms with Crippen molar-refractivity contribution >= 4 is 11.6 Å². The number of nitrogens with one attached hydrogen (secondary N) is 1. The molecular formula is C16H25ClN2O. The molecule has 4 heteroatoms. The molecule has 1 aromatic carbocycles. The summed E-state index contributed by atoms with van der Waals surface area (Å²) in [5.74, 6) is 0.757. The average Bonchev–Trinajstić information content (AvgIpc) is 2.42. The van der Waals surface area contributed by atoms with E-state index in [1.165, 1.54) is 18.4 Å². The van der Waals surface area contributed by atoms with Crippen LogP contribution in [0, 0.1) is 5.92 Å². The van der Waals surface area contributed by atoms with Crippen LogP contribution in [0.5, 0.6) is 0 Å². The molecule has 0 amide bonds. The second-order valence-corrected chi connectivity index (χ2v) is 6.29. The second-order valence-electron chi connectivity index (χ2n) is 5.85. The Bertz CT molecular complexity index is 386. The van der Waals surface area contributed by atoms with Gasteiger partial charge in [-0.3, -0.25) is 0 Å². The zero-order chi connectivity index (χ0) is 14.4. The van der Waals surface area contributed by atoms with Gasteiger partial charge in [0.15, 0.2) is 0 Å². The summed E-state index contributed by atoms with van der Waals surface area (Å²) in [5.41, 5.74) is 1.28. The quantitative estimate of drug-likeness (QED) is 0.847. The zero-order valence-corrected chi connectivity index (χ0v) is 12.9. The lowest BCUT2D eigenvalue weighted by molar-refractivity contribution is 0.0998. The lowest BCUT2D eigenvalue weighted by atomic mass is 9.96. The first-order valence-electron chi connectivity index (χ1n) is 7.49. The van der Waals surface area contributed by atoms with Crippen molar-refractivity contribution in [1.82, 2.24) is 10.2 Å². The predicted molar refractivity (Wildman–Crippen MR) is 84.0 cm³/mol. The highest BCUT2D eigenvalue weighted by molar-refractivity contribution is 6.30. The highest BCUT2D eigenvalue weighted by Crippen LogP contribution is 2.17. The molecule has 1 aromatic rings. The Morgan fingerprint density at radius 3 is 2.55 bits per heavy atom. The van der Waals surface area contributed by atoms with E-state index in [9.17, 15) is 5.11 Å². The van der Waals surface area contributed by atoms with E-state index in [-0.39, 0.29) is 6.10 Å². The van der Waals surface area contributed by atoms with Crippen LogP contribution in [0.2, 0.25) is 5.02 Å². The fraction of sp³-hybridized carbons (Fsp3) is 0.625. The molecule has 0 saturated carbocycles. The summed E-state index contributed by atoms with van der Waals surface area (Å²) in [5, 5.41) is 13.7. The SMILES string of the molecule is CC(O)CN1CCC(CNCc2ccc(Cl)cc2)CC1. The van der Waals surface area contributed by atoms with E-state index < -0.39 is 0 Å². The van der Waals surface area contributed by atoms with Crippen molar-refractivity contribution in [2.24, 2.45) is 5.92 Å². The number of aliphatic hydroxyl groups is 1. The molecule has 2 rings (SSSR count). The van der Waals surface area contributed by atoms with E-state index in [1.54, 1.807) is 0 Å². The van der Waals surface area contributed by atoms with Gasteiger partial charge in [0.05, 0.1) is 6.10 Å². The van der Waals surface area contributed by atoms with E-state index in [0.717, 1.165) is 43.7 Å². The third kappa shape index (κ3) is 5.41. The van der Waals surface area contributed by atoms with Gasteiger partial charge < -0.3 is 15.3 Å². The Labute approximate surface area is 126 Å². The fourth-order valence-electron chi connectivity index (χ4n) is 2.77. The van der Waals surface area contributed by atoms with Crippen molar-refractivity contribution in [3.05, 3.63) is 34.9 Å². The Morgan fingerprint density at radius 1 is 1.30 bits per heavy atom. The maximum absolute atomic E-state index is 9.39. The summed E-state index contributed by atoms with van der Waals surface area (Å²) in [6.07, 6.45) is 2.23. The molecular weight excluding hydrogens is 272 g/mol. The van der Waals surface area contributed by atoms with E-state index >= 15 is 0 Å². The predicted octanol–water partition coefficient (Wildman–Crippen LogP) is 2.52. The molecule has 1 saturated heterocycles. The van der Waals surface area contributed by atoms with Crippen molar-refractivity contribution in [3.8, 4) is 0 Å². The Balaban J connectivity index is 1.62. The molecule has 0 aliphatic carbocycles. The summed E-state index contributed by atoms with van der Waals surface area (Å²) in [6.45, 7) is 6.87. The van der Waals surface area contributed by atoms with E-state index in [0.29, 0.717) is 0 Å². The van der Waals surface area contributed by atoms with Crippen molar-refractivity contribution < 1.29 is 5.11 Å². The highest BCUT2D eigenvalue weighted by atomic mass is 35.5. The number of likely N-dealkylation sites (tertiary alicyclic amines) is 1. The maximum atomic E-state index is 9.39. The molecule has 0 spiro atoms. The molecule has 3 nitrogen and oxygen atoms in total. The molecule has 0 aromatic heterocycles. The summed E-state index contributed by atoms with van der Waals surface area (Å²) < 4.78 is 0. The number of halogens is 1. The molecule has 1 atom stereocenters. The third-order valence-electron chi connectivity index (χ3n) is 3.90. The Hall–Kier alpha value is -0.610. The van der Waals surface area contributed by atoms with Crippen LogP contribution >= 0.6 is 11.6 Å². The van der Waals surface area contributed by atoms with Gasteiger partial charge >= 0.3 is 0 Å². The number of hydrogen-bond donors (Lipinski definition) is 2. The fourth-order valence-corrected chi connectivity index (χ4v) is 2.90. The highest BCUT2D eigenvalue weighted by Gasteiger charge is 2.19. The van der Waals surface area contributed by atoms with Gasteiger partial charge in [0, 0.05) is 18.1 Å². The first kappa shape index (κ1) is 15.8. The van der Waals surface area contributed by atoms with Crippen molar-refractivity contribution in [3.63, 3.8) is 0 Å². The minimum Gasteiger partial charge on any atom is -0.392 e. The molecule has 2 N–H and O–H groups in total. The molecule has 0 radical (unpaired) electrons. The van der Waals surface area contributed by atoms with Crippen LogP contribution < -0.4 is 5.32 Å². The number of rotatable bonds is 6. The van der Waals surface area contributed by atoms with E-state index in [4.69, 9.17) is 11.6 Å². The van der Waals surface area contributed by atoms with E-state index in [1.807, 2.05) is 19.1 Å². The summed E-state index contributed by atoms with van der Waals surface area (Å²) >= 11 is 5.87. The molecule has 1 unspecified atom stereocenters. The lowest BCUT2D eigenvalue weighted by Crippen LogP contribution is -2.40. The van der Waals surface area contributed by atoms with Gasteiger partial charge in [-0.1, -0.05) is 23.7 Å². The van der Waals surface area contributed by atoms with Crippen LogP contribution in [0.3, 0.4) is 0 Å². The number of hydrogen-bond acceptors (Lipinski definition) is 3. The van der Waals surface area contributed by atoms with Crippen LogP contribution in [-0.2, 0) is 6.54 Å². The molecule has 1 fully saturated rings. The Kier molecular flexibility index (Phi) is 6.30. The van der Waals surface area contributed by atoms with Crippen molar-refractivity contribution in [2.45, 2.75) is 32.4 Å². The maximum Gasteiger partial charge on any atom is 0.0639 e. The minimum atomic E-state index is -0.213. The van der Waals surface area contributed by atoms with Crippen LogP contribution in [0.15, 0.2) is 24.3 Å². The number of nitrogens with zero attached hydrogens (tertiary/aromatic N) is 1. The molecule has 112 valence electrons. The van der Waals surface area contributed by atoms with Crippen molar-refractivity contribution in [1.29, 1.82) is 0 Å². The first-order valence-corrected chi connectivity index (χ1v) is 7.87. The lowest BCUT2D eigenvalue weighted by Gasteiger charge is -2.32. The minimum absolute atomic E-state index is 0.213. The largest absolute Gasteiger partial charge is 0.392 e. The normalized spacial score (nSPS) is 19.1. The summed E-state index contributed by atoms with van der Waals surface area (Å²) in [4.78, 5) is 2.36. The zero-order valence-electron chi connectivity index (χ0n) is 12.2. The number of benzene rings is 1. The van der Waals surface area contributed by atoms with Gasteiger partial charge in [-0.2, -0.15) is 0 Å². The second kappa shape index (κ2) is 7.99. The monoisotopic (exact) mass is 296 g/mol. The summed E-state index contributed by atoms with van der Waals surface area (Å²) in [7, 11) is 0. The molecule has 1 aliphatic heterocycles. The van der Waals surface area contributed by atoms with Crippen LogP contribution in [0.1, 0.15) is 25.3 Å². The first-order chi connectivity index (χ1) is 9.63. The smallest absolute Gasteiger partial charge is 0.0639 e. The van der Waals surface area contributed by atoms with E-state index in [2.05, 4.69) is 22.3 Å². The van der Waals surface area contributed by atoms with Gasteiger partial charge in [0.2, 0.25) is 0 Å². The number of aliphatic hydroxyl groups excluding tert-OH is 1. The van der Waals surface area contributed by atoms with Crippen LogP contribution in [0.4, 0.5) is 0 Å². The van der Waals surface area contributed by atoms with Gasteiger partial charge in [0.1, 0.15) is 0 Å². The van der Waals surface area contributed by atoms with Gasteiger partial charge in [0.25, 0.3) is 0 Å². The standard InChI is InChI=1S/C16H25ClN2O/c1-13(20)12-19-8-6-15(7-9-19)11-18-10-14-2-4-16(17)5-3-14/h2-5,13,15,18,20H,6-12H2,1H3. The summed E-state index contributed by atoms with van der Waals surface area (Å²) in [6, 6.07) is 8.02. The number of β-amino-alcohol motifs (C(OH)–C–C–N with tert-alkyl or cyclic N) is 1.